The number of fused-ring (bicyclic) bond motifs is 1. The van der Waals surface area contributed by atoms with E-state index in [0.29, 0.717) is 40.2 Å². The maximum atomic E-state index is 13.2. The molecule has 10 heteroatoms. The highest BCUT2D eigenvalue weighted by Gasteiger charge is 2.29. The SMILES string of the molecule is CC(C)(O)c1cn([C@H]2CC[C@H](CO)CC2)nc1NC(=O)c1cnn2ccc(NCC3CC3)nc12. The third kappa shape index (κ3) is 4.78. The van der Waals surface area contributed by atoms with E-state index in [9.17, 15) is 15.0 Å². The molecule has 182 valence electrons. The Balaban J connectivity index is 1.37. The van der Waals surface area contributed by atoms with Crippen LogP contribution in [0.15, 0.2) is 24.7 Å². The first-order valence-electron chi connectivity index (χ1n) is 12.1. The van der Waals surface area contributed by atoms with Crippen LogP contribution in [0.1, 0.15) is 74.3 Å². The lowest BCUT2D eigenvalue weighted by Gasteiger charge is -2.27. The van der Waals surface area contributed by atoms with E-state index in [-0.39, 0.29) is 18.6 Å². The average molecular weight is 468 g/mol. The number of hydrogen-bond donors (Lipinski definition) is 4. The summed E-state index contributed by atoms with van der Waals surface area (Å²) in [7, 11) is 0. The fraction of sp³-hybridized carbons (Fsp3) is 0.583. The van der Waals surface area contributed by atoms with Crippen molar-refractivity contribution in [3.63, 3.8) is 0 Å². The molecule has 2 aliphatic rings. The molecule has 0 radical (unpaired) electrons. The molecule has 3 aromatic heterocycles. The van der Waals surface area contributed by atoms with E-state index in [2.05, 4.69) is 25.8 Å². The van der Waals surface area contributed by atoms with Crippen molar-refractivity contribution >= 4 is 23.2 Å². The summed E-state index contributed by atoms with van der Waals surface area (Å²) in [4.78, 5) is 17.8. The quantitative estimate of drug-likeness (QED) is 0.401. The van der Waals surface area contributed by atoms with Crippen molar-refractivity contribution in [2.45, 2.75) is 64.0 Å². The maximum Gasteiger partial charge on any atom is 0.262 e. The van der Waals surface area contributed by atoms with Crippen molar-refractivity contribution in [1.29, 1.82) is 0 Å². The number of nitrogens with one attached hydrogen (secondary N) is 2. The van der Waals surface area contributed by atoms with Crippen LogP contribution in [-0.4, -0.2) is 53.7 Å². The second-order valence-corrected chi connectivity index (χ2v) is 10.2. The second kappa shape index (κ2) is 8.99. The highest BCUT2D eigenvalue weighted by atomic mass is 16.3. The number of carbonyl (C=O) groups excluding carboxylic acids is 1. The van der Waals surface area contributed by atoms with Gasteiger partial charge in [-0.3, -0.25) is 9.48 Å². The van der Waals surface area contributed by atoms with Gasteiger partial charge < -0.3 is 20.8 Å². The predicted molar refractivity (Wildman–Crippen MR) is 128 cm³/mol. The summed E-state index contributed by atoms with van der Waals surface area (Å²) in [6.07, 6.45) is 11.3. The molecule has 0 spiro atoms. The Morgan fingerprint density at radius 1 is 1.18 bits per heavy atom. The molecule has 3 heterocycles. The monoisotopic (exact) mass is 467 g/mol. The topological polar surface area (TPSA) is 130 Å². The molecular weight excluding hydrogens is 434 g/mol. The molecule has 0 aromatic carbocycles. The lowest BCUT2D eigenvalue weighted by molar-refractivity contribution is 0.0789. The zero-order valence-corrected chi connectivity index (χ0v) is 19.7. The van der Waals surface area contributed by atoms with Gasteiger partial charge in [-0.1, -0.05) is 0 Å². The Bertz CT molecular complexity index is 1170. The number of anilines is 2. The first-order chi connectivity index (χ1) is 16.3. The number of amides is 1. The van der Waals surface area contributed by atoms with E-state index in [0.717, 1.165) is 32.2 Å². The highest BCUT2D eigenvalue weighted by Crippen LogP contribution is 2.35. The minimum absolute atomic E-state index is 0.174. The molecule has 2 saturated carbocycles. The van der Waals surface area contributed by atoms with Crippen LogP contribution in [0, 0.1) is 11.8 Å². The predicted octanol–water partition coefficient (Wildman–Crippen LogP) is 2.95. The Labute approximate surface area is 198 Å². The Morgan fingerprint density at radius 3 is 2.59 bits per heavy atom. The smallest absolute Gasteiger partial charge is 0.262 e. The summed E-state index contributed by atoms with van der Waals surface area (Å²) >= 11 is 0. The number of hydrogen-bond acceptors (Lipinski definition) is 7. The fourth-order valence-electron chi connectivity index (χ4n) is 4.58. The zero-order valence-electron chi connectivity index (χ0n) is 19.7. The minimum Gasteiger partial charge on any atom is -0.396 e. The van der Waals surface area contributed by atoms with Crippen LogP contribution in [0.3, 0.4) is 0 Å². The van der Waals surface area contributed by atoms with Gasteiger partial charge in [0.15, 0.2) is 11.5 Å². The van der Waals surface area contributed by atoms with Gasteiger partial charge in [-0.15, -0.1) is 0 Å². The molecule has 3 aromatic rings. The molecule has 34 heavy (non-hydrogen) atoms. The third-order valence-electron chi connectivity index (χ3n) is 6.95. The molecular formula is C24H33N7O3. The summed E-state index contributed by atoms with van der Waals surface area (Å²) in [6.45, 7) is 4.46. The minimum atomic E-state index is -1.18. The van der Waals surface area contributed by atoms with Crippen molar-refractivity contribution in [2.75, 3.05) is 23.8 Å². The van der Waals surface area contributed by atoms with Crippen LogP contribution in [0.5, 0.6) is 0 Å². The number of aliphatic hydroxyl groups is 2. The molecule has 0 aliphatic heterocycles. The maximum absolute atomic E-state index is 13.2. The fourth-order valence-corrected chi connectivity index (χ4v) is 4.58. The average Bonchev–Trinajstić information content (AvgIpc) is 3.39. The number of carbonyl (C=O) groups is 1. The summed E-state index contributed by atoms with van der Waals surface area (Å²) < 4.78 is 3.43. The molecule has 5 rings (SSSR count). The zero-order chi connectivity index (χ0) is 23.9. The molecule has 0 saturated heterocycles. The first kappa shape index (κ1) is 22.8. The van der Waals surface area contributed by atoms with Crippen molar-refractivity contribution < 1.29 is 15.0 Å². The molecule has 0 bridgehead atoms. The summed E-state index contributed by atoms with van der Waals surface area (Å²) in [6, 6.07) is 2.03. The molecule has 2 fully saturated rings. The summed E-state index contributed by atoms with van der Waals surface area (Å²) in [5.41, 5.74) is 0.184. The molecule has 0 atom stereocenters. The van der Waals surface area contributed by atoms with Gasteiger partial charge in [0.05, 0.1) is 17.8 Å². The summed E-state index contributed by atoms with van der Waals surface area (Å²) in [5, 5.41) is 35.3. The van der Waals surface area contributed by atoms with E-state index >= 15 is 0 Å². The van der Waals surface area contributed by atoms with Gasteiger partial charge in [-0.25, -0.2) is 9.50 Å². The Morgan fingerprint density at radius 2 is 1.91 bits per heavy atom. The second-order valence-electron chi connectivity index (χ2n) is 10.2. The number of aliphatic hydroxyl groups excluding tert-OH is 1. The van der Waals surface area contributed by atoms with E-state index in [4.69, 9.17) is 0 Å². The first-order valence-corrected chi connectivity index (χ1v) is 12.1. The van der Waals surface area contributed by atoms with Crippen LogP contribution in [0.4, 0.5) is 11.6 Å². The summed E-state index contributed by atoms with van der Waals surface area (Å²) in [5.74, 6) is 1.73. The molecule has 4 N–H and O–H groups in total. The van der Waals surface area contributed by atoms with Gasteiger partial charge in [-0.2, -0.15) is 10.2 Å². The van der Waals surface area contributed by atoms with Crippen molar-refractivity contribution in [1.82, 2.24) is 24.4 Å². The van der Waals surface area contributed by atoms with E-state index in [1.54, 1.807) is 24.6 Å². The normalized spacial score (nSPS) is 21.1. The molecule has 2 aliphatic carbocycles. The van der Waals surface area contributed by atoms with Crippen LogP contribution < -0.4 is 10.6 Å². The van der Waals surface area contributed by atoms with E-state index in [1.165, 1.54) is 19.0 Å². The third-order valence-corrected chi connectivity index (χ3v) is 6.95. The highest BCUT2D eigenvalue weighted by molar-refractivity contribution is 6.08. The van der Waals surface area contributed by atoms with Gasteiger partial charge in [0.2, 0.25) is 0 Å². The Hall–Kier alpha value is -2.98. The number of nitrogens with zero attached hydrogens (tertiary/aromatic N) is 5. The van der Waals surface area contributed by atoms with Crippen molar-refractivity contribution in [3.05, 3.63) is 35.8 Å². The largest absolute Gasteiger partial charge is 0.396 e. The van der Waals surface area contributed by atoms with Crippen molar-refractivity contribution in [2.24, 2.45) is 11.8 Å². The molecule has 10 nitrogen and oxygen atoms in total. The van der Waals surface area contributed by atoms with Crippen LogP contribution in [-0.2, 0) is 5.60 Å². The van der Waals surface area contributed by atoms with Crippen LogP contribution >= 0.6 is 0 Å². The molecule has 1 amide bonds. The lowest BCUT2D eigenvalue weighted by atomic mass is 9.86. The Kier molecular flexibility index (Phi) is 6.03. The van der Waals surface area contributed by atoms with Crippen LogP contribution in [0.25, 0.3) is 5.65 Å². The van der Waals surface area contributed by atoms with Crippen molar-refractivity contribution in [3.8, 4) is 0 Å². The van der Waals surface area contributed by atoms with Gasteiger partial charge in [-0.05, 0) is 70.3 Å². The van der Waals surface area contributed by atoms with Gasteiger partial charge in [0.25, 0.3) is 5.91 Å². The standard InChI is InChI=1S/C24H33N7O3/c1-24(2,34)19-13-31(17-7-5-16(14-32)6-8-17)29-21(19)28-23(33)18-12-26-30-10-9-20(27-22(18)30)25-11-15-3-4-15/h9-10,12-13,15-17,32,34H,3-8,11,14H2,1-2H3,(H,25,27)(H,28,29,33)/t16-,17-. The number of aromatic nitrogens is 5. The van der Waals surface area contributed by atoms with Gasteiger partial charge in [0.1, 0.15) is 11.4 Å². The van der Waals surface area contributed by atoms with Gasteiger partial charge in [0, 0.05) is 31.1 Å². The van der Waals surface area contributed by atoms with E-state index < -0.39 is 5.60 Å². The number of rotatable bonds is 8. The van der Waals surface area contributed by atoms with Gasteiger partial charge >= 0.3 is 0 Å². The lowest BCUT2D eigenvalue weighted by Crippen LogP contribution is -2.21. The molecule has 0 unspecified atom stereocenters. The van der Waals surface area contributed by atoms with E-state index in [1.807, 2.05) is 16.9 Å². The van der Waals surface area contributed by atoms with Crippen LogP contribution in [0.2, 0.25) is 0 Å².